The molecular formula is C13H15BrClNO. The molecule has 0 saturated carbocycles. The summed E-state index contributed by atoms with van der Waals surface area (Å²) in [5, 5.41) is 0.599. The van der Waals surface area contributed by atoms with Crippen molar-refractivity contribution in [1.82, 2.24) is 4.90 Å². The SMILES string of the molecule is CC1CCCN(C(=O)c2cc(Cl)ccc2Br)C1. The normalized spacial score (nSPS) is 20.4. The monoisotopic (exact) mass is 315 g/mol. The molecule has 0 aliphatic carbocycles. The van der Waals surface area contributed by atoms with Crippen LogP contribution in [0.5, 0.6) is 0 Å². The van der Waals surface area contributed by atoms with Gasteiger partial charge in [0.2, 0.25) is 0 Å². The van der Waals surface area contributed by atoms with E-state index in [2.05, 4.69) is 22.9 Å². The molecule has 17 heavy (non-hydrogen) atoms. The Morgan fingerprint density at radius 2 is 2.29 bits per heavy atom. The van der Waals surface area contributed by atoms with Crippen molar-refractivity contribution in [3.8, 4) is 0 Å². The first kappa shape index (κ1) is 12.9. The van der Waals surface area contributed by atoms with Crippen LogP contribution in [0.2, 0.25) is 5.02 Å². The number of hydrogen-bond donors (Lipinski definition) is 0. The van der Waals surface area contributed by atoms with Crippen LogP contribution in [0.4, 0.5) is 0 Å². The molecular weight excluding hydrogens is 302 g/mol. The van der Waals surface area contributed by atoms with Crippen LogP contribution in [0.3, 0.4) is 0 Å². The molecule has 1 aliphatic rings. The number of carbonyl (C=O) groups is 1. The Kier molecular flexibility index (Phi) is 4.10. The summed E-state index contributed by atoms with van der Waals surface area (Å²) >= 11 is 9.34. The highest BCUT2D eigenvalue weighted by Crippen LogP contribution is 2.25. The van der Waals surface area contributed by atoms with E-state index in [0.717, 1.165) is 24.0 Å². The lowest BCUT2D eigenvalue weighted by atomic mass is 9.99. The number of halogens is 2. The highest BCUT2D eigenvalue weighted by Gasteiger charge is 2.23. The van der Waals surface area contributed by atoms with Crippen molar-refractivity contribution in [2.24, 2.45) is 5.92 Å². The van der Waals surface area contributed by atoms with E-state index in [9.17, 15) is 4.79 Å². The summed E-state index contributed by atoms with van der Waals surface area (Å²) in [6, 6.07) is 5.33. The first-order chi connectivity index (χ1) is 8.08. The van der Waals surface area contributed by atoms with Crippen LogP contribution in [0.1, 0.15) is 30.1 Å². The van der Waals surface area contributed by atoms with Gasteiger partial charge in [0, 0.05) is 22.6 Å². The summed E-state index contributed by atoms with van der Waals surface area (Å²) in [6.45, 7) is 3.88. The second-order valence-corrected chi connectivity index (χ2v) is 5.91. The molecule has 2 rings (SSSR count). The summed E-state index contributed by atoms with van der Waals surface area (Å²) in [6.07, 6.45) is 2.30. The Balaban J connectivity index is 2.21. The van der Waals surface area contributed by atoms with Crippen LogP contribution in [-0.4, -0.2) is 23.9 Å². The summed E-state index contributed by atoms with van der Waals surface area (Å²) in [4.78, 5) is 14.3. The molecule has 1 aromatic carbocycles. The van der Waals surface area contributed by atoms with Gasteiger partial charge in [-0.15, -0.1) is 0 Å². The van der Waals surface area contributed by atoms with E-state index in [4.69, 9.17) is 11.6 Å². The minimum atomic E-state index is 0.0749. The number of likely N-dealkylation sites (tertiary alicyclic amines) is 1. The molecule has 1 aromatic rings. The highest BCUT2D eigenvalue weighted by atomic mass is 79.9. The molecule has 1 amide bonds. The second-order valence-electron chi connectivity index (χ2n) is 4.62. The third-order valence-corrected chi connectivity index (χ3v) is 4.03. The number of nitrogens with zero attached hydrogens (tertiary/aromatic N) is 1. The largest absolute Gasteiger partial charge is 0.338 e. The molecule has 1 aliphatic heterocycles. The van der Waals surface area contributed by atoms with Crippen molar-refractivity contribution >= 4 is 33.4 Å². The van der Waals surface area contributed by atoms with Crippen LogP contribution in [-0.2, 0) is 0 Å². The van der Waals surface area contributed by atoms with Gasteiger partial charge < -0.3 is 4.90 Å². The van der Waals surface area contributed by atoms with Crippen molar-refractivity contribution in [3.05, 3.63) is 33.3 Å². The van der Waals surface area contributed by atoms with Crippen molar-refractivity contribution in [2.45, 2.75) is 19.8 Å². The smallest absolute Gasteiger partial charge is 0.255 e. The van der Waals surface area contributed by atoms with E-state index in [0.29, 0.717) is 16.5 Å². The van der Waals surface area contributed by atoms with Crippen LogP contribution in [0.15, 0.2) is 22.7 Å². The molecule has 92 valence electrons. The lowest BCUT2D eigenvalue weighted by Gasteiger charge is -2.31. The zero-order valence-electron chi connectivity index (χ0n) is 9.75. The third kappa shape index (κ3) is 3.02. The van der Waals surface area contributed by atoms with Crippen LogP contribution < -0.4 is 0 Å². The summed E-state index contributed by atoms with van der Waals surface area (Å²) in [5.74, 6) is 0.664. The van der Waals surface area contributed by atoms with Gasteiger partial charge in [-0.2, -0.15) is 0 Å². The van der Waals surface area contributed by atoms with E-state index >= 15 is 0 Å². The van der Waals surface area contributed by atoms with E-state index in [1.54, 1.807) is 12.1 Å². The lowest BCUT2D eigenvalue weighted by molar-refractivity contribution is 0.0682. The van der Waals surface area contributed by atoms with Crippen molar-refractivity contribution < 1.29 is 4.79 Å². The Hall–Kier alpha value is -0.540. The van der Waals surface area contributed by atoms with Crippen molar-refractivity contribution in [2.75, 3.05) is 13.1 Å². The van der Waals surface area contributed by atoms with Crippen molar-refractivity contribution in [1.29, 1.82) is 0 Å². The van der Waals surface area contributed by atoms with Crippen LogP contribution >= 0.6 is 27.5 Å². The van der Waals surface area contributed by atoms with E-state index in [1.165, 1.54) is 6.42 Å². The summed E-state index contributed by atoms with van der Waals surface area (Å²) in [5.41, 5.74) is 0.659. The van der Waals surface area contributed by atoms with Crippen LogP contribution in [0, 0.1) is 5.92 Å². The maximum atomic E-state index is 12.4. The summed E-state index contributed by atoms with van der Waals surface area (Å²) < 4.78 is 0.810. The fourth-order valence-corrected chi connectivity index (χ4v) is 2.79. The average Bonchev–Trinajstić information content (AvgIpc) is 2.31. The standard InChI is InChI=1S/C13H15BrClNO/c1-9-3-2-6-16(8-9)13(17)11-7-10(15)4-5-12(11)14/h4-5,7,9H,2-3,6,8H2,1H3. The van der Waals surface area contributed by atoms with E-state index in [-0.39, 0.29) is 5.91 Å². The fraction of sp³-hybridized carbons (Fsp3) is 0.462. The maximum absolute atomic E-state index is 12.4. The predicted molar refractivity (Wildman–Crippen MR) is 73.5 cm³/mol. The minimum absolute atomic E-state index is 0.0749. The molecule has 0 N–H and O–H groups in total. The number of benzene rings is 1. The van der Waals surface area contributed by atoms with Crippen LogP contribution in [0.25, 0.3) is 0 Å². The first-order valence-corrected chi connectivity index (χ1v) is 6.99. The molecule has 1 saturated heterocycles. The van der Waals surface area contributed by atoms with E-state index in [1.807, 2.05) is 11.0 Å². The molecule has 0 bridgehead atoms. The number of carbonyl (C=O) groups excluding carboxylic acids is 1. The number of piperidine rings is 1. The predicted octanol–water partition coefficient (Wildman–Crippen LogP) is 3.97. The highest BCUT2D eigenvalue weighted by molar-refractivity contribution is 9.10. The van der Waals surface area contributed by atoms with Gasteiger partial charge in [-0.1, -0.05) is 18.5 Å². The molecule has 4 heteroatoms. The van der Waals surface area contributed by atoms with Gasteiger partial charge in [-0.25, -0.2) is 0 Å². The van der Waals surface area contributed by atoms with Gasteiger partial charge in [-0.05, 0) is 52.9 Å². The fourth-order valence-electron chi connectivity index (χ4n) is 2.21. The van der Waals surface area contributed by atoms with Gasteiger partial charge in [0.25, 0.3) is 5.91 Å². The topological polar surface area (TPSA) is 20.3 Å². The molecule has 0 aromatic heterocycles. The van der Waals surface area contributed by atoms with Gasteiger partial charge >= 0.3 is 0 Å². The Morgan fingerprint density at radius 3 is 3.00 bits per heavy atom. The number of hydrogen-bond acceptors (Lipinski definition) is 1. The lowest BCUT2D eigenvalue weighted by Crippen LogP contribution is -2.39. The second kappa shape index (κ2) is 5.40. The van der Waals surface area contributed by atoms with Gasteiger partial charge in [-0.3, -0.25) is 4.79 Å². The quantitative estimate of drug-likeness (QED) is 0.767. The van der Waals surface area contributed by atoms with E-state index < -0.39 is 0 Å². The van der Waals surface area contributed by atoms with Gasteiger partial charge in [0.15, 0.2) is 0 Å². The minimum Gasteiger partial charge on any atom is -0.338 e. The zero-order chi connectivity index (χ0) is 12.4. The summed E-state index contributed by atoms with van der Waals surface area (Å²) in [7, 11) is 0. The first-order valence-electron chi connectivity index (χ1n) is 5.82. The van der Waals surface area contributed by atoms with Gasteiger partial charge in [0.1, 0.15) is 0 Å². The zero-order valence-corrected chi connectivity index (χ0v) is 12.1. The molecule has 1 heterocycles. The average molecular weight is 317 g/mol. The third-order valence-electron chi connectivity index (χ3n) is 3.10. The van der Waals surface area contributed by atoms with Crippen molar-refractivity contribution in [3.63, 3.8) is 0 Å². The molecule has 0 spiro atoms. The molecule has 1 atom stereocenters. The maximum Gasteiger partial charge on any atom is 0.255 e. The molecule has 1 fully saturated rings. The molecule has 2 nitrogen and oxygen atoms in total. The molecule has 1 unspecified atom stereocenters. The Bertz CT molecular complexity index is 435. The number of rotatable bonds is 1. The molecule has 0 radical (unpaired) electrons. The van der Waals surface area contributed by atoms with Gasteiger partial charge in [0.05, 0.1) is 5.56 Å². The Labute approximate surface area is 115 Å². The number of amides is 1. The Morgan fingerprint density at radius 1 is 1.53 bits per heavy atom.